The van der Waals surface area contributed by atoms with Gasteiger partial charge in [-0.1, -0.05) is 30.3 Å². The smallest absolute Gasteiger partial charge is 0.394 e. The summed E-state index contributed by atoms with van der Waals surface area (Å²) in [5.74, 6) is 0.279. The highest BCUT2D eigenvalue weighted by Crippen LogP contribution is 2.29. The van der Waals surface area contributed by atoms with Gasteiger partial charge < -0.3 is 10.4 Å². The first kappa shape index (κ1) is 14.3. The van der Waals surface area contributed by atoms with Crippen molar-refractivity contribution < 1.29 is 18.3 Å². The van der Waals surface area contributed by atoms with Gasteiger partial charge in [0.15, 0.2) is 0 Å². The van der Waals surface area contributed by atoms with Crippen molar-refractivity contribution in [1.29, 1.82) is 0 Å². The van der Waals surface area contributed by atoms with Gasteiger partial charge in [0.2, 0.25) is 0 Å². The van der Waals surface area contributed by atoms with E-state index in [9.17, 15) is 18.3 Å². The van der Waals surface area contributed by atoms with Gasteiger partial charge in [-0.15, -0.1) is 0 Å². The number of halogens is 3. The van der Waals surface area contributed by atoms with Crippen molar-refractivity contribution in [2.45, 2.75) is 12.2 Å². The minimum atomic E-state index is -4.40. The Balaban J connectivity index is 2.13. The van der Waals surface area contributed by atoms with Crippen LogP contribution in [0, 0.1) is 0 Å². The molecule has 1 atom stereocenters. The van der Waals surface area contributed by atoms with E-state index >= 15 is 0 Å². The van der Waals surface area contributed by atoms with Gasteiger partial charge in [0.25, 0.3) is 0 Å². The van der Waals surface area contributed by atoms with Crippen LogP contribution in [0.4, 0.5) is 19.0 Å². The summed E-state index contributed by atoms with van der Waals surface area (Å²) >= 11 is 0. The van der Waals surface area contributed by atoms with E-state index in [0.29, 0.717) is 0 Å². The number of pyridine rings is 1. The molecule has 6 heteroatoms. The zero-order valence-corrected chi connectivity index (χ0v) is 10.4. The summed E-state index contributed by atoms with van der Waals surface area (Å²) in [5, 5.41) is 12.2. The monoisotopic (exact) mass is 282 g/mol. The molecule has 2 N–H and O–H groups in total. The van der Waals surface area contributed by atoms with Crippen molar-refractivity contribution in [3.8, 4) is 0 Å². The predicted molar refractivity (Wildman–Crippen MR) is 69.1 cm³/mol. The zero-order valence-electron chi connectivity index (χ0n) is 10.4. The maximum atomic E-state index is 12.4. The minimum Gasteiger partial charge on any atom is -0.394 e. The van der Waals surface area contributed by atoms with E-state index in [0.717, 1.165) is 17.8 Å². The van der Waals surface area contributed by atoms with Gasteiger partial charge in [-0.3, -0.25) is 0 Å². The fourth-order valence-corrected chi connectivity index (χ4v) is 1.75. The zero-order chi connectivity index (χ0) is 14.6. The van der Waals surface area contributed by atoms with E-state index < -0.39 is 17.8 Å². The van der Waals surface area contributed by atoms with Crippen LogP contribution in [0.25, 0.3) is 0 Å². The Morgan fingerprint density at radius 1 is 1.10 bits per heavy atom. The molecule has 0 aliphatic rings. The number of rotatable bonds is 4. The Labute approximate surface area is 114 Å². The average molecular weight is 282 g/mol. The number of aromatic nitrogens is 1. The van der Waals surface area contributed by atoms with Crippen LogP contribution < -0.4 is 5.32 Å². The third-order valence-electron chi connectivity index (χ3n) is 2.80. The number of anilines is 1. The number of hydrogen-bond donors (Lipinski definition) is 2. The quantitative estimate of drug-likeness (QED) is 0.904. The summed E-state index contributed by atoms with van der Waals surface area (Å²) < 4.78 is 37.2. The molecule has 1 aromatic carbocycles. The van der Waals surface area contributed by atoms with Gasteiger partial charge >= 0.3 is 6.18 Å². The molecule has 3 nitrogen and oxygen atoms in total. The molecule has 106 valence electrons. The van der Waals surface area contributed by atoms with Gasteiger partial charge in [-0.25, -0.2) is 4.98 Å². The number of nitrogens with one attached hydrogen (secondary N) is 1. The molecule has 0 fully saturated rings. The highest BCUT2D eigenvalue weighted by atomic mass is 19.4. The van der Waals surface area contributed by atoms with Gasteiger partial charge in [0, 0.05) is 6.20 Å². The molecular weight excluding hydrogens is 269 g/mol. The second-order valence-corrected chi connectivity index (χ2v) is 4.22. The predicted octanol–water partition coefficient (Wildman–Crippen LogP) is 3.25. The van der Waals surface area contributed by atoms with E-state index in [1.54, 1.807) is 0 Å². The van der Waals surface area contributed by atoms with Crippen molar-refractivity contribution in [3.05, 3.63) is 59.8 Å². The first-order valence-electron chi connectivity index (χ1n) is 5.96. The molecule has 0 radical (unpaired) electrons. The minimum absolute atomic E-state index is 0.188. The standard InChI is InChI=1S/C14H13F3N2O/c15-14(16,17)11-6-7-13(18-8-11)19-12(9-20)10-4-2-1-3-5-10/h1-8,12,20H,9H2,(H,18,19). The van der Waals surface area contributed by atoms with E-state index in [-0.39, 0.29) is 12.4 Å². The van der Waals surface area contributed by atoms with Crippen LogP contribution in [0.5, 0.6) is 0 Å². The summed E-state index contributed by atoms with van der Waals surface area (Å²) in [7, 11) is 0. The SMILES string of the molecule is OCC(Nc1ccc(C(F)(F)F)cn1)c1ccccc1. The first-order valence-corrected chi connectivity index (χ1v) is 5.96. The van der Waals surface area contributed by atoms with Crippen molar-refractivity contribution in [1.82, 2.24) is 4.98 Å². The van der Waals surface area contributed by atoms with Crippen LogP contribution in [0.3, 0.4) is 0 Å². The van der Waals surface area contributed by atoms with E-state index in [1.807, 2.05) is 30.3 Å². The maximum absolute atomic E-state index is 12.4. The van der Waals surface area contributed by atoms with Gasteiger partial charge in [0.05, 0.1) is 18.2 Å². The fourth-order valence-electron chi connectivity index (χ4n) is 1.75. The number of nitrogens with zero attached hydrogens (tertiary/aromatic N) is 1. The fraction of sp³-hybridized carbons (Fsp3) is 0.214. The number of aliphatic hydroxyl groups is 1. The number of benzene rings is 1. The molecule has 0 spiro atoms. The third kappa shape index (κ3) is 3.48. The Morgan fingerprint density at radius 2 is 1.80 bits per heavy atom. The lowest BCUT2D eigenvalue weighted by atomic mass is 10.1. The second-order valence-electron chi connectivity index (χ2n) is 4.22. The first-order chi connectivity index (χ1) is 9.50. The molecule has 0 amide bonds. The second kappa shape index (κ2) is 5.92. The summed E-state index contributed by atoms with van der Waals surface area (Å²) in [6.45, 7) is -0.188. The maximum Gasteiger partial charge on any atom is 0.417 e. The van der Waals surface area contributed by atoms with Gasteiger partial charge in [0.1, 0.15) is 5.82 Å². The Morgan fingerprint density at radius 3 is 2.30 bits per heavy atom. The van der Waals surface area contributed by atoms with Crippen molar-refractivity contribution in [2.75, 3.05) is 11.9 Å². The number of hydrogen-bond acceptors (Lipinski definition) is 3. The molecule has 0 aliphatic carbocycles. The van der Waals surface area contributed by atoms with E-state index in [2.05, 4.69) is 10.3 Å². The van der Waals surface area contributed by atoms with Crippen LogP contribution in [-0.4, -0.2) is 16.7 Å². The molecular formula is C14H13F3N2O. The lowest BCUT2D eigenvalue weighted by molar-refractivity contribution is -0.137. The number of aliphatic hydroxyl groups excluding tert-OH is 1. The third-order valence-corrected chi connectivity index (χ3v) is 2.80. The van der Waals surface area contributed by atoms with Crippen molar-refractivity contribution in [3.63, 3.8) is 0 Å². The number of alkyl halides is 3. The lowest BCUT2D eigenvalue weighted by Gasteiger charge is -2.17. The topological polar surface area (TPSA) is 45.1 Å². The van der Waals surface area contributed by atoms with Crippen LogP contribution in [0.15, 0.2) is 48.7 Å². The molecule has 1 heterocycles. The van der Waals surface area contributed by atoms with Crippen LogP contribution >= 0.6 is 0 Å². The molecule has 1 unspecified atom stereocenters. The Hall–Kier alpha value is -2.08. The van der Waals surface area contributed by atoms with Crippen LogP contribution in [-0.2, 0) is 6.18 Å². The molecule has 0 saturated carbocycles. The molecule has 0 aliphatic heterocycles. The highest BCUT2D eigenvalue weighted by molar-refractivity contribution is 5.39. The van der Waals surface area contributed by atoms with Crippen LogP contribution in [0.2, 0.25) is 0 Å². The summed E-state index contributed by atoms with van der Waals surface area (Å²) in [5.41, 5.74) is 0.0278. The average Bonchev–Trinajstić information content (AvgIpc) is 2.45. The molecule has 2 aromatic rings. The lowest BCUT2D eigenvalue weighted by Crippen LogP contribution is -2.16. The van der Waals surface area contributed by atoms with E-state index in [4.69, 9.17) is 0 Å². The summed E-state index contributed by atoms with van der Waals surface area (Å²) in [6, 6.07) is 10.9. The molecule has 1 aromatic heterocycles. The van der Waals surface area contributed by atoms with Crippen molar-refractivity contribution >= 4 is 5.82 Å². The molecule has 0 bridgehead atoms. The Bertz CT molecular complexity index is 541. The van der Waals surface area contributed by atoms with Crippen molar-refractivity contribution in [2.24, 2.45) is 0 Å². The van der Waals surface area contributed by atoms with Gasteiger partial charge in [-0.2, -0.15) is 13.2 Å². The normalized spacial score (nSPS) is 13.0. The summed E-state index contributed by atoms with van der Waals surface area (Å²) in [4.78, 5) is 3.72. The van der Waals surface area contributed by atoms with E-state index in [1.165, 1.54) is 6.07 Å². The van der Waals surface area contributed by atoms with Gasteiger partial charge in [-0.05, 0) is 17.7 Å². The molecule has 0 saturated heterocycles. The highest BCUT2D eigenvalue weighted by Gasteiger charge is 2.30. The largest absolute Gasteiger partial charge is 0.417 e. The summed E-state index contributed by atoms with van der Waals surface area (Å²) in [6.07, 6.45) is -3.64. The van der Waals surface area contributed by atoms with Crippen LogP contribution in [0.1, 0.15) is 17.2 Å². The Kier molecular flexibility index (Phi) is 4.24. The molecule has 20 heavy (non-hydrogen) atoms. The molecule has 2 rings (SSSR count).